The van der Waals surface area contributed by atoms with E-state index < -0.39 is 36.6 Å². The van der Waals surface area contributed by atoms with Gasteiger partial charge in [-0.15, -0.1) is 13.2 Å². The standard InChI is InChI=1S/C26H32O6/c1-3-15-29-23-21(27)22(28)24(30-16-4-2)26(32-18-20-13-9-6-10-14-20)25(23)31-17-19-11-7-5-8-12-19/h3-14,21-28H,1-2,15-18H2/t21-,22+,23-,24-,25+,26+/m1/s1. The van der Waals surface area contributed by atoms with Crippen molar-refractivity contribution in [2.75, 3.05) is 13.2 Å². The Bertz CT molecular complexity index is 742. The highest BCUT2D eigenvalue weighted by Gasteiger charge is 2.52. The zero-order valence-electron chi connectivity index (χ0n) is 18.2. The van der Waals surface area contributed by atoms with Gasteiger partial charge in [-0.1, -0.05) is 72.8 Å². The summed E-state index contributed by atoms with van der Waals surface area (Å²) in [5.74, 6) is 0. The van der Waals surface area contributed by atoms with Crippen LogP contribution in [0.3, 0.4) is 0 Å². The highest BCUT2D eigenvalue weighted by Crippen LogP contribution is 2.31. The summed E-state index contributed by atoms with van der Waals surface area (Å²) in [5, 5.41) is 21.7. The van der Waals surface area contributed by atoms with Gasteiger partial charge in [0, 0.05) is 0 Å². The monoisotopic (exact) mass is 440 g/mol. The predicted octanol–water partition coefficient (Wildman–Crippen LogP) is 3.04. The molecule has 1 fully saturated rings. The summed E-state index contributed by atoms with van der Waals surface area (Å²) in [4.78, 5) is 0. The first-order valence-corrected chi connectivity index (χ1v) is 10.8. The van der Waals surface area contributed by atoms with E-state index in [1.165, 1.54) is 0 Å². The normalized spacial score (nSPS) is 27.7. The number of benzene rings is 2. The Balaban J connectivity index is 1.86. The fraction of sp³-hybridized carbons (Fsp3) is 0.385. The Kier molecular flexibility index (Phi) is 9.62. The fourth-order valence-electron chi connectivity index (χ4n) is 3.81. The van der Waals surface area contributed by atoms with E-state index in [2.05, 4.69) is 13.2 Å². The number of hydrogen-bond donors (Lipinski definition) is 2. The molecule has 172 valence electrons. The molecule has 6 nitrogen and oxygen atoms in total. The lowest BCUT2D eigenvalue weighted by Gasteiger charge is -2.46. The molecule has 0 bridgehead atoms. The van der Waals surface area contributed by atoms with E-state index in [-0.39, 0.29) is 13.2 Å². The van der Waals surface area contributed by atoms with Crippen molar-refractivity contribution in [3.63, 3.8) is 0 Å². The van der Waals surface area contributed by atoms with Crippen LogP contribution < -0.4 is 0 Å². The number of hydrogen-bond acceptors (Lipinski definition) is 6. The van der Waals surface area contributed by atoms with E-state index in [0.717, 1.165) is 11.1 Å². The first kappa shape index (κ1) is 24.3. The van der Waals surface area contributed by atoms with Crippen molar-refractivity contribution in [3.8, 4) is 0 Å². The molecular formula is C26H32O6. The largest absolute Gasteiger partial charge is 0.387 e. The van der Waals surface area contributed by atoms with Gasteiger partial charge in [0.1, 0.15) is 36.6 Å². The van der Waals surface area contributed by atoms with E-state index in [9.17, 15) is 10.2 Å². The minimum atomic E-state index is -1.22. The fourth-order valence-corrected chi connectivity index (χ4v) is 3.81. The summed E-state index contributed by atoms with van der Waals surface area (Å²) in [7, 11) is 0. The van der Waals surface area contributed by atoms with Gasteiger partial charge in [0.25, 0.3) is 0 Å². The van der Waals surface area contributed by atoms with Crippen LogP contribution in [-0.2, 0) is 32.2 Å². The summed E-state index contributed by atoms with van der Waals surface area (Å²) in [5.41, 5.74) is 1.95. The van der Waals surface area contributed by atoms with Gasteiger partial charge in [0.15, 0.2) is 0 Å². The van der Waals surface area contributed by atoms with Crippen LogP contribution in [0, 0.1) is 0 Å². The van der Waals surface area contributed by atoms with Crippen LogP contribution in [0.5, 0.6) is 0 Å². The molecule has 0 radical (unpaired) electrons. The Morgan fingerprint density at radius 1 is 0.594 bits per heavy atom. The summed E-state index contributed by atoms with van der Waals surface area (Å²) in [6.45, 7) is 8.34. The van der Waals surface area contributed by atoms with Gasteiger partial charge in [-0.3, -0.25) is 0 Å². The third kappa shape index (κ3) is 6.36. The van der Waals surface area contributed by atoms with Gasteiger partial charge in [-0.2, -0.15) is 0 Å². The highest BCUT2D eigenvalue weighted by molar-refractivity contribution is 5.15. The average molecular weight is 441 g/mol. The van der Waals surface area contributed by atoms with E-state index in [0.29, 0.717) is 13.2 Å². The Hall–Kier alpha value is -2.32. The first-order valence-electron chi connectivity index (χ1n) is 10.8. The van der Waals surface area contributed by atoms with Crippen LogP contribution >= 0.6 is 0 Å². The van der Waals surface area contributed by atoms with Crippen molar-refractivity contribution >= 4 is 0 Å². The number of rotatable bonds is 12. The van der Waals surface area contributed by atoms with Gasteiger partial charge >= 0.3 is 0 Å². The molecule has 0 heterocycles. The molecule has 6 atom stereocenters. The van der Waals surface area contributed by atoms with Crippen LogP contribution in [0.4, 0.5) is 0 Å². The van der Waals surface area contributed by atoms with Crippen molar-refractivity contribution in [1.29, 1.82) is 0 Å². The van der Waals surface area contributed by atoms with Crippen LogP contribution in [0.2, 0.25) is 0 Å². The molecule has 0 aromatic heterocycles. The molecule has 0 spiro atoms. The second-order valence-corrected chi connectivity index (χ2v) is 7.68. The zero-order chi connectivity index (χ0) is 22.8. The molecule has 6 heteroatoms. The molecule has 3 rings (SSSR count). The lowest BCUT2D eigenvalue weighted by Crippen LogP contribution is -2.66. The van der Waals surface area contributed by atoms with Crippen molar-refractivity contribution in [1.82, 2.24) is 0 Å². The molecule has 1 aliphatic rings. The molecule has 2 N–H and O–H groups in total. The van der Waals surface area contributed by atoms with E-state index in [1.54, 1.807) is 12.2 Å². The molecule has 0 amide bonds. The lowest BCUT2D eigenvalue weighted by molar-refractivity contribution is -0.266. The third-order valence-electron chi connectivity index (χ3n) is 5.38. The number of aliphatic hydroxyl groups is 2. The summed E-state index contributed by atoms with van der Waals surface area (Å²) >= 11 is 0. The van der Waals surface area contributed by atoms with Gasteiger partial charge < -0.3 is 29.2 Å². The minimum Gasteiger partial charge on any atom is -0.387 e. The van der Waals surface area contributed by atoms with Gasteiger partial charge in [0.2, 0.25) is 0 Å². The highest BCUT2D eigenvalue weighted by atomic mass is 16.6. The van der Waals surface area contributed by atoms with Crippen molar-refractivity contribution < 1.29 is 29.2 Å². The van der Waals surface area contributed by atoms with Crippen molar-refractivity contribution in [2.24, 2.45) is 0 Å². The molecule has 0 unspecified atom stereocenters. The summed E-state index contributed by atoms with van der Waals surface area (Å²) in [6.07, 6.45) is -2.28. The quantitative estimate of drug-likeness (QED) is 0.494. The van der Waals surface area contributed by atoms with Gasteiger partial charge in [-0.05, 0) is 11.1 Å². The van der Waals surface area contributed by atoms with E-state index in [4.69, 9.17) is 18.9 Å². The lowest BCUT2D eigenvalue weighted by atomic mass is 9.84. The number of ether oxygens (including phenoxy) is 4. The minimum absolute atomic E-state index is 0.198. The molecule has 1 aliphatic carbocycles. The third-order valence-corrected chi connectivity index (χ3v) is 5.38. The van der Waals surface area contributed by atoms with Crippen LogP contribution in [-0.4, -0.2) is 60.1 Å². The smallest absolute Gasteiger partial charge is 0.116 e. The Labute approximate surface area is 189 Å². The predicted molar refractivity (Wildman–Crippen MR) is 122 cm³/mol. The molecule has 2 aromatic rings. The van der Waals surface area contributed by atoms with Crippen molar-refractivity contribution in [2.45, 2.75) is 49.8 Å². The second-order valence-electron chi connectivity index (χ2n) is 7.68. The maximum atomic E-state index is 10.9. The topological polar surface area (TPSA) is 77.4 Å². The molecule has 0 aliphatic heterocycles. The molecule has 32 heavy (non-hydrogen) atoms. The molecular weight excluding hydrogens is 408 g/mol. The van der Waals surface area contributed by atoms with Gasteiger partial charge in [0.05, 0.1) is 26.4 Å². The average Bonchev–Trinajstić information content (AvgIpc) is 2.83. The number of aliphatic hydroxyl groups excluding tert-OH is 2. The molecule has 0 saturated heterocycles. The maximum absolute atomic E-state index is 10.9. The SMILES string of the molecule is C=CCO[C@@H]1[C@H](O)[C@H](O)[C@@H](OCC=C)[C@H](OCc2ccccc2)[C@H]1OCc1ccccc1. The van der Waals surface area contributed by atoms with Crippen LogP contribution in [0.25, 0.3) is 0 Å². The van der Waals surface area contributed by atoms with Crippen LogP contribution in [0.15, 0.2) is 86.0 Å². The Morgan fingerprint density at radius 3 is 1.31 bits per heavy atom. The first-order chi connectivity index (χ1) is 15.7. The Morgan fingerprint density at radius 2 is 0.969 bits per heavy atom. The second kappa shape index (κ2) is 12.6. The zero-order valence-corrected chi connectivity index (χ0v) is 18.2. The van der Waals surface area contributed by atoms with E-state index in [1.807, 2.05) is 60.7 Å². The molecule has 1 saturated carbocycles. The van der Waals surface area contributed by atoms with Crippen molar-refractivity contribution in [3.05, 3.63) is 97.1 Å². The molecule has 2 aromatic carbocycles. The maximum Gasteiger partial charge on any atom is 0.116 e. The van der Waals surface area contributed by atoms with Gasteiger partial charge in [-0.25, -0.2) is 0 Å². The van der Waals surface area contributed by atoms with E-state index >= 15 is 0 Å². The van der Waals surface area contributed by atoms with Crippen LogP contribution in [0.1, 0.15) is 11.1 Å². The summed E-state index contributed by atoms with van der Waals surface area (Å²) in [6, 6.07) is 19.4. The summed E-state index contributed by atoms with van der Waals surface area (Å²) < 4.78 is 24.2.